The Balaban J connectivity index is 2.04. The highest BCUT2D eigenvalue weighted by Crippen LogP contribution is 2.20. The predicted molar refractivity (Wildman–Crippen MR) is 81.1 cm³/mol. The lowest BCUT2D eigenvalue weighted by atomic mass is 10.1. The average Bonchev–Trinajstić information content (AvgIpc) is 2.41. The number of benzene rings is 1. The fraction of sp³-hybridized carbons (Fsp3) is 0.167. The standard InChI is InChI=1S/C12H11ClIN3O/c13-9(8-4-2-1-3-5-8)6-15-11-10(14)12(18)17-7-16-11/h1-5,7,9H,6H2,(H2,15,16,17,18). The van der Waals surface area contributed by atoms with Gasteiger partial charge in [0.05, 0.1) is 11.7 Å². The van der Waals surface area contributed by atoms with Crippen LogP contribution in [-0.2, 0) is 0 Å². The zero-order chi connectivity index (χ0) is 13.0. The number of nitrogens with one attached hydrogen (secondary N) is 2. The molecule has 1 aromatic heterocycles. The largest absolute Gasteiger partial charge is 0.367 e. The topological polar surface area (TPSA) is 57.8 Å². The van der Waals surface area contributed by atoms with Crippen molar-refractivity contribution in [3.05, 3.63) is 56.1 Å². The second-order valence-electron chi connectivity index (χ2n) is 3.65. The molecule has 2 N–H and O–H groups in total. The van der Waals surface area contributed by atoms with Gasteiger partial charge >= 0.3 is 0 Å². The van der Waals surface area contributed by atoms with Crippen molar-refractivity contribution in [2.75, 3.05) is 11.9 Å². The van der Waals surface area contributed by atoms with Gasteiger partial charge in [0.1, 0.15) is 9.39 Å². The molecule has 0 radical (unpaired) electrons. The SMILES string of the molecule is O=c1[nH]cnc(NCC(Cl)c2ccccc2)c1I. The van der Waals surface area contributed by atoms with Gasteiger partial charge in [-0.3, -0.25) is 4.79 Å². The molecular formula is C12H11ClIN3O. The maximum Gasteiger partial charge on any atom is 0.266 e. The van der Waals surface area contributed by atoms with Crippen LogP contribution < -0.4 is 10.9 Å². The van der Waals surface area contributed by atoms with E-state index in [9.17, 15) is 4.79 Å². The van der Waals surface area contributed by atoms with Gasteiger partial charge in [-0.2, -0.15) is 0 Å². The number of alkyl halides is 1. The maximum atomic E-state index is 11.4. The second kappa shape index (κ2) is 6.19. The molecule has 1 unspecified atom stereocenters. The van der Waals surface area contributed by atoms with Gasteiger partial charge in [0.25, 0.3) is 5.56 Å². The van der Waals surface area contributed by atoms with Crippen LogP contribution in [0.5, 0.6) is 0 Å². The third-order valence-electron chi connectivity index (χ3n) is 2.41. The minimum atomic E-state index is -0.164. The van der Waals surface area contributed by atoms with Crippen molar-refractivity contribution in [2.45, 2.75) is 5.38 Å². The summed E-state index contributed by atoms with van der Waals surface area (Å²) in [6.45, 7) is 0.512. The first-order valence-electron chi connectivity index (χ1n) is 5.34. The summed E-state index contributed by atoms with van der Waals surface area (Å²) in [6, 6.07) is 9.77. The zero-order valence-electron chi connectivity index (χ0n) is 9.36. The van der Waals surface area contributed by atoms with Gasteiger partial charge in [-0.1, -0.05) is 30.3 Å². The summed E-state index contributed by atoms with van der Waals surface area (Å²) in [5.74, 6) is 0.556. The molecule has 0 fully saturated rings. The van der Waals surface area contributed by atoms with Gasteiger partial charge in [-0.15, -0.1) is 11.6 Å². The molecule has 0 amide bonds. The van der Waals surface area contributed by atoms with Crippen LogP contribution in [0.3, 0.4) is 0 Å². The van der Waals surface area contributed by atoms with E-state index >= 15 is 0 Å². The van der Waals surface area contributed by atoms with E-state index in [1.807, 2.05) is 52.9 Å². The number of anilines is 1. The molecule has 0 spiro atoms. The Morgan fingerprint density at radius 3 is 2.83 bits per heavy atom. The van der Waals surface area contributed by atoms with E-state index in [0.29, 0.717) is 15.9 Å². The Bertz CT molecular complexity index is 573. The molecule has 0 saturated carbocycles. The normalized spacial score (nSPS) is 12.1. The number of hydrogen-bond donors (Lipinski definition) is 2. The number of halogens is 2. The second-order valence-corrected chi connectivity index (χ2v) is 5.26. The van der Waals surface area contributed by atoms with Crippen LogP contribution in [0.15, 0.2) is 41.5 Å². The zero-order valence-corrected chi connectivity index (χ0v) is 12.3. The van der Waals surface area contributed by atoms with Gasteiger partial charge in [-0.05, 0) is 28.2 Å². The lowest BCUT2D eigenvalue weighted by Gasteiger charge is -2.12. The summed E-state index contributed by atoms with van der Waals surface area (Å²) in [5.41, 5.74) is 0.880. The van der Waals surface area contributed by atoms with Crippen LogP contribution in [0.4, 0.5) is 5.82 Å². The first-order chi connectivity index (χ1) is 8.68. The summed E-state index contributed by atoms with van der Waals surface area (Å²) >= 11 is 8.22. The Morgan fingerprint density at radius 1 is 1.39 bits per heavy atom. The number of H-pyrrole nitrogens is 1. The van der Waals surface area contributed by atoms with Crippen LogP contribution in [0.25, 0.3) is 0 Å². The van der Waals surface area contributed by atoms with Crippen molar-refractivity contribution in [3.63, 3.8) is 0 Å². The number of hydrogen-bond acceptors (Lipinski definition) is 3. The molecule has 0 aliphatic carbocycles. The molecule has 0 bridgehead atoms. The van der Waals surface area contributed by atoms with E-state index in [4.69, 9.17) is 11.6 Å². The van der Waals surface area contributed by atoms with E-state index in [2.05, 4.69) is 15.3 Å². The summed E-state index contributed by atoms with van der Waals surface area (Å²) < 4.78 is 0.534. The number of aromatic nitrogens is 2. The van der Waals surface area contributed by atoms with Crippen LogP contribution in [0, 0.1) is 3.57 Å². The number of aromatic amines is 1. The van der Waals surface area contributed by atoms with Crippen molar-refractivity contribution in [3.8, 4) is 0 Å². The minimum absolute atomic E-state index is 0.154. The van der Waals surface area contributed by atoms with Crippen molar-refractivity contribution < 1.29 is 0 Å². The lowest BCUT2D eigenvalue weighted by Crippen LogP contribution is -2.17. The summed E-state index contributed by atoms with van der Waals surface area (Å²) in [7, 11) is 0. The van der Waals surface area contributed by atoms with Gasteiger partial charge in [0.2, 0.25) is 0 Å². The van der Waals surface area contributed by atoms with E-state index in [1.165, 1.54) is 6.33 Å². The Morgan fingerprint density at radius 2 is 2.11 bits per heavy atom. The molecule has 1 atom stereocenters. The smallest absolute Gasteiger partial charge is 0.266 e. The van der Waals surface area contributed by atoms with Crippen molar-refractivity contribution in [1.82, 2.24) is 9.97 Å². The molecule has 2 aromatic rings. The summed E-state index contributed by atoms with van der Waals surface area (Å²) in [5, 5.41) is 2.92. The van der Waals surface area contributed by atoms with Crippen LogP contribution >= 0.6 is 34.2 Å². The molecule has 1 heterocycles. The summed E-state index contributed by atoms with van der Waals surface area (Å²) in [4.78, 5) is 18.0. The van der Waals surface area contributed by atoms with Crippen molar-refractivity contribution in [2.24, 2.45) is 0 Å². The highest BCUT2D eigenvalue weighted by molar-refractivity contribution is 14.1. The maximum absolute atomic E-state index is 11.4. The van der Waals surface area contributed by atoms with Crippen LogP contribution in [0.1, 0.15) is 10.9 Å². The summed E-state index contributed by atoms with van der Waals surface area (Å²) in [6.07, 6.45) is 1.37. The van der Waals surface area contributed by atoms with Crippen LogP contribution in [0.2, 0.25) is 0 Å². The molecule has 2 rings (SSSR count). The van der Waals surface area contributed by atoms with Gasteiger partial charge < -0.3 is 10.3 Å². The van der Waals surface area contributed by atoms with Crippen LogP contribution in [-0.4, -0.2) is 16.5 Å². The average molecular weight is 376 g/mol. The molecule has 0 saturated heterocycles. The molecule has 0 aliphatic rings. The number of nitrogens with zero attached hydrogens (tertiary/aromatic N) is 1. The Kier molecular flexibility index (Phi) is 4.60. The van der Waals surface area contributed by atoms with E-state index in [-0.39, 0.29) is 10.9 Å². The van der Waals surface area contributed by atoms with Crippen molar-refractivity contribution in [1.29, 1.82) is 0 Å². The fourth-order valence-corrected chi connectivity index (χ4v) is 2.18. The monoisotopic (exact) mass is 375 g/mol. The third-order valence-corrected chi connectivity index (χ3v) is 3.81. The minimum Gasteiger partial charge on any atom is -0.367 e. The third kappa shape index (κ3) is 3.23. The van der Waals surface area contributed by atoms with Gasteiger partial charge in [0.15, 0.2) is 0 Å². The first-order valence-corrected chi connectivity index (χ1v) is 6.86. The highest BCUT2D eigenvalue weighted by Gasteiger charge is 2.09. The fourth-order valence-electron chi connectivity index (χ4n) is 1.47. The molecule has 4 nitrogen and oxygen atoms in total. The molecule has 6 heteroatoms. The Labute approximate surface area is 123 Å². The first kappa shape index (κ1) is 13.4. The Hall–Kier alpha value is -1.08. The molecule has 18 heavy (non-hydrogen) atoms. The molecule has 1 aromatic carbocycles. The molecule has 94 valence electrons. The number of rotatable bonds is 4. The quantitative estimate of drug-likeness (QED) is 0.638. The van der Waals surface area contributed by atoms with E-state index < -0.39 is 0 Å². The van der Waals surface area contributed by atoms with E-state index in [1.54, 1.807) is 0 Å². The van der Waals surface area contributed by atoms with Gasteiger partial charge in [-0.25, -0.2) is 4.98 Å². The van der Waals surface area contributed by atoms with Gasteiger partial charge in [0, 0.05) is 6.54 Å². The molecule has 0 aliphatic heterocycles. The van der Waals surface area contributed by atoms with E-state index in [0.717, 1.165) is 5.56 Å². The molecular weight excluding hydrogens is 365 g/mol. The lowest BCUT2D eigenvalue weighted by molar-refractivity contribution is 0.955. The van der Waals surface area contributed by atoms with Crippen molar-refractivity contribution >= 4 is 40.0 Å². The highest BCUT2D eigenvalue weighted by atomic mass is 127. The predicted octanol–water partition coefficient (Wildman–Crippen LogP) is 2.77.